The number of amides is 1. The summed E-state index contributed by atoms with van der Waals surface area (Å²) in [4.78, 5) is 20.2. The van der Waals surface area contributed by atoms with Gasteiger partial charge in [0.05, 0.1) is 10.2 Å². The second-order valence-electron chi connectivity index (χ2n) is 4.91. The van der Waals surface area contributed by atoms with Gasteiger partial charge in [-0.1, -0.05) is 16.5 Å². The fourth-order valence-corrected chi connectivity index (χ4v) is 2.76. The van der Waals surface area contributed by atoms with Gasteiger partial charge in [-0.15, -0.1) is 0 Å². The molecule has 8 heteroatoms. The Balaban J connectivity index is 1.64. The lowest BCUT2D eigenvalue weighted by Gasteiger charge is -1.96. The highest BCUT2D eigenvalue weighted by Gasteiger charge is 2.26. The topological polar surface area (TPSA) is 107 Å². The zero-order valence-corrected chi connectivity index (χ0v) is 11.7. The molecular formula is C13H11N5O2S. The zero-order chi connectivity index (χ0) is 14.4. The molecule has 1 amide bonds. The summed E-state index contributed by atoms with van der Waals surface area (Å²) in [5.74, 6) is 0.0706. The van der Waals surface area contributed by atoms with E-state index in [9.17, 15) is 4.79 Å². The first kappa shape index (κ1) is 12.3. The van der Waals surface area contributed by atoms with Gasteiger partial charge < -0.3 is 15.6 Å². The number of hydrogen-bond acceptors (Lipinski definition) is 7. The number of nitrogens with zero attached hydrogens (tertiary/aromatic N) is 3. The average Bonchev–Trinajstić information content (AvgIpc) is 3.01. The van der Waals surface area contributed by atoms with Crippen LogP contribution in [0.2, 0.25) is 0 Å². The third-order valence-electron chi connectivity index (χ3n) is 3.19. The molecule has 0 aliphatic heterocycles. The Morgan fingerprint density at radius 1 is 1.38 bits per heavy atom. The van der Waals surface area contributed by atoms with E-state index in [1.165, 1.54) is 11.3 Å². The molecule has 21 heavy (non-hydrogen) atoms. The van der Waals surface area contributed by atoms with Crippen molar-refractivity contribution >= 4 is 32.6 Å². The van der Waals surface area contributed by atoms with Crippen molar-refractivity contribution in [2.24, 2.45) is 0 Å². The Morgan fingerprint density at radius 3 is 3.05 bits per heavy atom. The summed E-state index contributed by atoms with van der Waals surface area (Å²) in [5, 5.41) is 7.05. The lowest BCUT2D eigenvalue weighted by molar-refractivity contribution is 0.0937. The monoisotopic (exact) mass is 301 g/mol. The second kappa shape index (κ2) is 4.52. The molecule has 7 nitrogen and oxygen atoms in total. The summed E-state index contributed by atoms with van der Waals surface area (Å²) in [7, 11) is 0. The van der Waals surface area contributed by atoms with Crippen molar-refractivity contribution in [3.8, 4) is 11.5 Å². The molecule has 0 unspecified atom stereocenters. The quantitative estimate of drug-likeness (QED) is 0.764. The third-order valence-corrected chi connectivity index (χ3v) is 4.04. The second-order valence-corrected chi connectivity index (χ2v) is 5.97. The molecule has 2 aromatic heterocycles. The van der Waals surface area contributed by atoms with Gasteiger partial charge in [-0.2, -0.15) is 4.98 Å². The molecule has 106 valence electrons. The highest BCUT2D eigenvalue weighted by Crippen LogP contribution is 2.28. The highest BCUT2D eigenvalue weighted by atomic mass is 32.1. The Labute approximate surface area is 123 Å². The fraction of sp³-hybridized carbons (Fsp3) is 0.231. The molecular weight excluding hydrogens is 290 g/mol. The SMILES string of the molecule is Nc1nc2ccc(-c3nc(C(=O)NC4CC4)no3)cc2s1. The Bertz CT molecular complexity index is 836. The van der Waals surface area contributed by atoms with E-state index >= 15 is 0 Å². The van der Waals surface area contributed by atoms with E-state index < -0.39 is 0 Å². The van der Waals surface area contributed by atoms with E-state index in [1.807, 2.05) is 18.2 Å². The Morgan fingerprint density at radius 2 is 2.24 bits per heavy atom. The van der Waals surface area contributed by atoms with Crippen LogP contribution in [0.15, 0.2) is 22.7 Å². The Hall–Kier alpha value is -2.48. The normalized spacial score (nSPS) is 14.5. The van der Waals surface area contributed by atoms with Crippen molar-refractivity contribution in [3.05, 3.63) is 24.0 Å². The number of aromatic nitrogens is 3. The van der Waals surface area contributed by atoms with E-state index in [2.05, 4.69) is 20.4 Å². The molecule has 0 atom stereocenters. The molecule has 0 spiro atoms. The van der Waals surface area contributed by atoms with Gasteiger partial charge in [0.2, 0.25) is 0 Å². The van der Waals surface area contributed by atoms with Crippen LogP contribution in [-0.2, 0) is 0 Å². The molecule has 1 aliphatic carbocycles. The lowest BCUT2D eigenvalue weighted by Crippen LogP contribution is -2.26. The molecule has 0 bridgehead atoms. The van der Waals surface area contributed by atoms with Crippen LogP contribution >= 0.6 is 11.3 Å². The summed E-state index contributed by atoms with van der Waals surface area (Å²) < 4.78 is 6.10. The number of hydrogen-bond donors (Lipinski definition) is 2. The molecule has 3 N–H and O–H groups in total. The largest absolute Gasteiger partial charge is 0.375 e. The number of fused-ring (bicyclic) bond motifs is 1. The summed E-state index contributed by atoms with van der Waals surface area (Å²) in [6.07, 6.45) is 2.03. The van der Waals surface area contributed by atoms with Crippen LogP contribution in [0.5, 0.6) is 0 Å². The Kier molecular flexibility index (Phi) is 2.64. The summed E-state index contributed by atoms with van der Waals surface area (Å²) in [5.41, 5.74) is 7.24. The van der Waals surface area contributed by atoms with Crippen LogP contribution in [0.1, 0.15) is 23.5 Å². The highest BCUT2D eigenvalue weighted by molar-refractivity contribution is 7.22. The average molecular weight is 301 g/mol. The zero-order valence-electron chi connectivity index (χ0n) is 10.9. The van der Waals surface area contributed by atoms with Gasteiger partial charge in [0, 0.05) is 11.6 Å². The van der Waals surface area contributed by atoms with Gasteiger partial charge >= 0.3 is 0 Å². The number of thiazole rings is 1. The molecule has 1 aromatic carbocycles. The molecule has 0 radical (unpaired) electrons. The summed E-state index contributed by atoms with van der Waals surface area (Å²) in [6, 6.07) is 5.79. The first-order valence-corrected chi connectivity index (χ1v) is 7.32. The van der Waals surface area contributed by atoms with Gasteiger partial charge in [-0.3, -0.25) is 4.79 Å². The van der Waals surface area contributed by atoms with Crippen LogP contribution in [0.3, 0.4) is 0 Å². The van der Waals surface area contributed by atoms with Crippen molar-refractivity contribution in [1.82, 2.24) is 20.4 Å². The van der Waals surface area contributed by atoms with Crippen molar-refractivity contribution in [1.29, 1.82) is 0 Å². The van der Waals surface area contributed by atoms with Gasteiger partial charge in [0.25, 0.3) is 17.6 Å². The van der Waals surface area contributed by atoms with Crippen LogP contribution in [-0.4, -0.2) is 27.1 Å². The maximum atomic E-state index is 11.8. The van der Waals surface area contributed by atoms with Crippen molar-refractivity contribution in [2.45, 2.75) is 18.9 Å². The summed E-state index contributed by atoms with van der Waals surface area (Å²) in [6.45, 7) is 0. The molecule has 2 heterocycles. The van der Waals surface area contributed by atoms with Crippen LogP contribution in [0, 0.1) is 0 Å². The van der Waals surface area contributed by atoms with Crippen LogP contribution in [0.4, 0.5) is 5.13 Å². The smallest absolute Gasteiger partial charge is 0.292 e. The van der Waals surface area contributed by atoms with Crippen LogP contribution < -0.4 is 11.1 Å². The standard InChI is InChI=1S/C13H11N5O2S/c14-13-16-8-4-1-6(5-9(8)21-13)12-17-10(18-20-12)11(19)15-7-2-3-7/h1,4-5,7H,2-3H2,(H2,14,16)(H,15,19). The number of nitrogens with one attached hydrogen (secondary N) is 1. The van der Waals surface area contributed by atoms with Gasteiger partial charge in [-0.25, -0.2) is 4.98 Å². The van der Waals surface area contributed by atoms with Gasteiger partial charge in [-0.05, 0) is 31.0 Å². The van der Waals surface area contributed by atoms with Gasteiger partial charge in [0.1, 0.15) is 0 Å². The number of rotatable bonds is 3. The number of nitrogen functional groups attached to an aromatic ring is 1. The first-order chi connectivity index (χ1) is 10.2. The minimum atomic E-state index is -0.296. The van der Waals surface area contributed by atoms with E-state index in [-0.39, 0.29) is 17.8 Å². The van der Waals surface area contributed by atoms with Crippen molar-refractivity contribution in [2.75, 3.05) is 5.73 Å². The molecule has 4 rings (SSSR count). The number of anilines is 1. The van der Waals surface area contributed by atoms with Crippen molar-refractivity contribution < 1.29 is 9.32 Å². The van der Waals surface area contributed by atoms with Crippen molar-refractivity contribution in [3.63, 3.8) is 0 Å². The van der Waals surface area contributed by atoms with E-state index in [1.54, 1.807) is 0 Å². The minimum Gasteiger partial charge on any atom is -0.375 e. The van der Waals surface area contributed by atoms with E-state index in [0.29, 0.717) is 11.0 Å². The fourth-order valence-electron chi connectivity index (χ4n) is 1.99. The number of benzene rings is 1. The predicted octanol–water partition coefficient (Wildman–Crippen LogP) is 1.82. The van der Waals surface area contributed by atoms with Gasteiger partial charge in [0.15, 0.2) is 5.13 Å². The first-order valence-electron chi connectivity index (χ1n) is 6.50. The van der Waals surface area contributed by atoms with E-state index in [0.717, 1.165) is 28.6 Å². The van der Waals surface area contributed by atoms with E-state index in [4.69, 9.17) is 10.3 Å². The number of nitrogens with two attached hydrogens (primary N) is 1. The minimum absolute atomic E-state index is 0.0563. The maximum Gasteiger partial charge on any atom is 0.292 e. The molecule has 1 aliphatic rings. The lowest BCUT2D eigenvalue weighted by atomic mass is 10.2. The summed E-state index contributed by atoms with van der Waals surface area (Å²) >= 11 is 1.39. The number of carbonyl (C=O) groups excluding carboxylic acids is 1. The predicted molar refractivity (Wildman–Crippen MR) is 77.8 cm³/mol. The molecule has 1 saturated carbocycles. The molecule has 0 saturated heterocycles. The maximum absolute atomic E-state index is 11.8. The number of carbonyl (C=O) groups is 1. The van der Waals surface area contributed by atoms with Crippen LogP contribution in [0.25, 0.3) is 21.7 Å². The third kappa shape index (κ3) is 2.33. The molecule has 3 aromatic rings. The molecule has 1 fully saturated rings.